The van der Waals surface area contributed by atoms with E-state index >= 15 is 0 Å². The van der Waals surface area contributed by atoms with Gasteiger partial charge in [-0.3, -0.25) is 0 Å². The standard InChI is InChI=1S/C16H22FNO2S/c17-13-1-3-14(4-2-13)21-10-15(18)12-5-7-20-16(9-12)6-8-19-11-16/h1-4,12,15H,5-11,18H2. The second-order valence-electron chi connectivity index (χ2n) is 6.02. The molecule has 0 aromatic heterocycles. The lowest BCUT2D eigenvalue weighted by molar-refractivity contribution is -0.100. The summed E-state index contributed by atoms with van der Waals surface area (Å²) in [6.07, 6.45) is 3.01. The van der Waals surface area contributed by atoms with Gasteiger partial charge in [0.2, 0.25) is 0 Å². The Labute approximate surface area is 129 Å². The van der Waals surface area contributed by atoms with Crippen LogP contribution in [0.3, 0.4) is 0 Å². The van der Waals surface area contributed by atoms with Crippen LogP contribution in [-0.2, 0) is 9.47 Å². The van der Waals surface area contributed by atoms with E-state index in [4.69, 9.17) is 15.2 Å². The first-order valence-corrected chi connectivity index (χ1v) is 8.51. The number of hydrogen-bond donors (Lipinski definition) is 1. The topological polar surface area (TPSA) is 44.5 Å². The van der Waals surface area contributed by atoms with Crippen LogP contribution in [0.15, 0.2) is 29.2 Å². The first-order valence-electron chi connectivity index (χ1n) is 7.53. The Morgan fingerprint density at radius 3 is 2.86 bits per heavy atom. The van der Waals surface area contributed by atoms with Crippen molar-refractivity contribution < 1.29 is 13.9 Å². The average Bonchev–Trinajstić information content (AvgIpc) is 2.94. The normalized spacial score (nSPS) is 30.7. The molecule has 3 unspecified atom stereocenters. The minimum Gasteiger partial charge on any atom is -0.378 e. The van der Waals surface area contributed by atoms with Crippen LogP contribution < -0.4 is 5.73 Å². The molecule has 3 rings (SSSR count). The molecule has 2 saturated heterocycles. The zero-order valence-corrected chi connectivity index (χ0v) is 12.9. The molecule has 0 saturated carbocycles. The zero-order chi connectivity index (χ0) is 14.7. The van der Waals surface area contributed by atoms with Crippen LogP contribution in [-0.4, -0.2) is 37.2 Å². The highest BCUT2D eigenvalue weighted by Crippen LogP contribution is 2.37. The first kappa shape index (κ1) is 15.3. The van der Waals surface area contributed by atoms with Gasteiger partial charge < -0.3 is 15.2 Å². The maximum Gasteiger partial charge on any atom is 0.123 e. The molecule has 0 bridgehead atoms. The van der Waals surface area contributed by atoms with Crippen molar-refractivity contribution in [1.29, 1.82) is 0 Å². The van der Waals surface area contributed by atoms with E-state index in [0.717, 1.165) is 43.1 Å². The number of halogens is 1. The van der Waals surface area contributed by atoms with Crippen LogP contribution in [0.4, 0.5) is 4.39 Å². The summed E-state index contributed by atoms with van der Waals surface area (Å²) in [6, 6.07) is 6.74. The first-order chi connectivity index (χ1) is 10.2. The van der Waals surface area contributed by atoms with E-state index in [1.807, 2.05) is 12.1 Å². The van der Waals surface area contributed by atoms with Crippen molar-refractivity contribution >= 4 is 11.8 Å². The summed E-state index contributed by atoms with van der Waals surface area (Å²) in [5, 5.41) is 0. The maximum absolute atomic E-state index is 12.9. The predicted octanol–water partition coefficient (Wildman–Crippen LogP) is 2.83. The molecule has 1 aromatic rings. The molecular weight excluding hydrogens is 289 g/mol. The SMILES string of the molecule is NC(CSc1ccc(F)cc1)C1CCOC2(CCOC2)C1. The van der Waals surface area contributed by atoms with Gasteiger partial charge in [-0.15, -0.1) is 11.8 Å². The number of hydrogen-bond acceptors (Lipinski definition) is 4. The third-order valence-electron chi connectivity index (χ3n) is 4.46. The van der Waals surface area contributed by atoms with E-state index in [1.54, 1.807) is 11.8 Å². The molecule has 2 fully saturated rings. The highest BCUT2D eigenvalue weighted by molar-refractivity contribution is 7.99. The summed E-state index contributed by atoms with van der Waals surface area (Å²) in [6.45, 7) is 2.29. The van der Waals surface area contributed by atoms with Crippen LogP contribution >= 0.6 is 11.8 Å². The molecule has 0 radical (unpaired) electrons. The van der Waals surface area contributed by atoms with Gasteiger partial charge in [-0.05, 0) is 43.0 Å². The third-order valence-corrected chi connectivity index (χ3v) is 5.62. The Kier molecular flexibility index (Phi) is 4.84. The number of thioether (sulfide) groups is 1. The van der Waals surface area contributed by atoms with Crippen molar-refractivity contribution in [3.05, 3.63) is 30.1 Å². The Bertz CT molecular complexity index is 462. The molecule has 2 aliphatic rings. The van der Waals surface area contributed by atoms with Crippen molar-refractivity contribution in [3.8, 4) is 0 Å². The fourth-order valence-electron chi connectivity index (χ4n) is 3.15. The lowest BCUT2D eigenvalue weighted by Gasteiger charge is -2.39. The second-order valence-corrected chi connectivity index (χ2v) is 7.11. The number of benzene rings is 1. The van der Waals surface area contributed by atoms with Crippen LogP contribution in [0, 0.1) is 11.7 Å². The summed E-state index contributed by atoms with van der Waals surface area (Å²) < 4.78 is 24.3. The van der Waals surface area contributed by atoms with Crippen molar-refractivity contribution in [2.75, 3.05) is 25.6 Å². The van der Waals surface area contributed by atoms with Crippen molar-refractivity contribution in [2.45, 2.75) is 35.8 Å². The molecule has 0 amide bonds. The molecule has 3 nitrogen and oxygen atoms in total. The summed E-state index contributed by atoms with van der Waals surface area (Å²) in [5.41, 5.74) is 6.30. The molecule has 116 valence electrons. The van der Waals surface area contributed by atoms with E-state index < -0.39 is 0 Å². The van der Waals surface area contributed by atoms with Crippen molar-refractivity contribution in [3.63, 3.8) is 0 Å². The molecule has 2 aliphatic heterocycles. The van der Waals surface area contributed by atoms with Gasteiger partial charge in [0.25, 0.3) is 0 Å². The Morgan fingerprint density at radius 1 is 1.33 bits per heavy atom. The van der Waals surface area contributed by atoms with Gasteiger partial charge in [0.05, 0.1) is 12.2 Å². The van der Waals surface area contributed by atoms with E-state index in [2.05, 4.69) is 0 Å². The van der Waals surface area contributed by atoms with Gasteiger partial charge >= 0.3 is 0 Å². The molecule has 2 N–H and O–H groups in total. The Morgan fingerprint density at radius 2 is 2.14 bits per heavy atom. The smallest absolute Gasteiger partial charge is 0.123 e. The van der Waals surface area contributed by atoms with E-state index in [-0.39, 0.29) is 17.5 Å². The minimum atomic E-state index is -0.198. The largest absolute Gasteiger partial charge is 0.378 e. The van der Waals surface area contributed by atoms with Gasteiger partial charge in [-0.1, -0.05) is 0 Å². The third kappa shape index (κ3) is 3.77. The summed E-state index contributed by atoms with van der Waals surface area (Å²) in [5.74, 6) is 1.14. The zero-order valence-electron chi connectivity index (χ0n) is 12.1. The van der Waals surface area contributed by atoms with Gasteiger partial charge in [0, 0.05) is 36.3 Å². The van der Waals surface area contributed by atoms with E-state index in [9.17, 15) is 4.39 Å². The molecule has 1 spiro atoms. The predicted molar refractivity (Wildman–Crippen MR) is 81.9 cm³/mol. The van der Waals surface area contributed by atoms with Gasteiger partial charge in [-0.2, -0.15) is 0 Å². The fraction of sp³-hybridized carbons (Fsp3) is 0.625. The van der Waals surface area contributed by atoms with Gasteiger partial charge in [0.1, 0.15) is 5.82 Å². The molecule has 5 heteroatoms. The van der Waals surface area contributed by atoms with Gasteiger partial charge in [0.15, 0.2) is 0 Å². The molecule has 2 heterocycles. The highest BCUT2D eigenvalue weighted by Gasteiger charge is 2.42. The Hall–Kier alpha value is -0.620. The maximum atomic E-state index is 12.9. The lowest BCUT2D eigenvalue weighted by Crippen LogP contribution is -2.46. The summed E-state index contributed by atoms with van der Waals surface area (Å²) in [7, 11) is 0. The van der Waals surface area contributed by atoms with Gasteiger partial charge in [-0.25, -0.2) is 4.39 Å². The summed E-state index contributed by atoms with van der Waals surface area (Å²) in [4.78, 5) is 1.07. The number of rotatable bonds is 4. The lowest BCUT2D eigenvalue weighted by atomic mass is 9.82. The average molecular weight is 311 g/mol. The Balaban J connectivity index is 1.52. The van der Waals surface area contributed by atoms with Crippen LogP contribution in [0.2, 0.25) is 0 Å². The van der Waals surface area contributed by atoms with E-state index in [0.29, 0.717) is 12.5 Å². The number of nitrogens with two attached hydrogens (primary N) is 1. The quantitative estimate of drug-likeness (QED) is 0.869. The van der Waals surface area contributed by atoms with Crippen molar-refractivity contribution in [2.24, 2.45) is 11.7 Å². The molecule has 3 atom stereocenters. The fourth-order valence-corrected chi connectivity index (χ4v) is 4.14. The minimum absolute atomic E-state index is 0.0823. The number of ether oxygens (including phenoxy) is 2. The summed E-state index contributed by atoms with van der Waals surface area (Å²) >= 11 is 1.70. The second kappa shape index (κ2) is 6.65. The molecule has 1 aromatic carbocycles. The van der Waals surface area contributed by atoms with Crippen molar-refractivity contribution in [1.82, 2.24) is 0 Å². The van der Waals surface area contributed by atoms with E-state index in [1.165, 1.54) is 12.1 Å². The molecular formula is C16H22FNO2S. The highest BCUT2D eigenvalue weighted by atomic mass is 32.2. The monoisotopic (exact) mass is 311 g/mol. The van der Waals surface area contributed by atoms with Crippen LogP contribution in [0.25, 0.3) is 0 Å². The van der Waals surface area contributed by atoms with Crippen LogP contribution in [0.5, 0.6) is 0 Å². The molecule has 21 heavy (non-hydrogen) atoms. The molecule has 0 aliphatic carbocycles. The van der Waals surface area contributed by atoms with Crippen LogP contribution in [0.1, 0.15) is 19.3 Å².